The van der Waals surface area contributed by atoms with Crippen LogP contribution in [-0.2, 0) is 25.6 Å². The quantitative estimate of drug-likeness (QED) is 0.148. The predicted molar refractivity (Wildman–Crippen MR) is 135 cm³/mol. The largest absolute Gasteiger partial charge is 0.480 e. The van der Waals surface area contributed by atoms with Gasteiger partial charge >= 0.3 is 5.97 Å². The fourth-order valence-electron chi connectivity index (χ4n) is 3.52. The van der Waals surface area contributed by atoms with E-state index < -0.39 is 60.6 Å². The van der Waals surface area contributed by atoms with Gasteiger partial charge in [0.15, 0.2) is 0 Å². The second kappa shape index (κ2) is 13.8. The number of carboxylic acid groups (broad SMARTS) is 1. The smallest absolute Gasteiger partial charge is 0.326 e. The Morgan fingerprint density at radius 1 is 1.06 bits per heavy atom. The SMILES string of the molecule is CSCCC(NC(=O)C(NC(=O)C(CO)NC(=O)C(N)Cc1c[nH]c2ccccc12)C(C)O)C(=O)O. The van der Waals surface area contributed by atoms with Crippen LogP contribution in [0.25, 0.3) is 10.9 Å². The molecule has 0 radical (unpaired) electrons. The molecule has 5 unspecified atom stereocenters. The fraction of sp³-hybridized carbons (Fsp3) is 0.478. The average molecular weight is 524 g/mol. The molecule has 2 aromatic rings. The van der Waals surface area contributed by atoms with Crippen LogP contribution >= 0.6 is 11.8 Å². The number of rotatable bonds is 14. The topological polar surface area (TPSA) is 207 Å². The van der Waals surface area contributed by atoms with Gasteiger partial charge in [0.05, 0.1) is 18.8 Å². The Bertz CT molecular complexity index is 1060. The predicted octanol–water partition coefficient (Wildman–Crippen LogP) is -1.30. The second-order valence-electron chi connectivity index (χ2n) is 8.32. The molecule has 9 N–H and O–H groups in total. The number of hydrogen-bond acceptors (Lipinski definition) is 8. The van der Waals surface area contributed by atoms with E-state index in [9.17, 15) is 34.5 Å². The van der Waals surface area contributed by atoms with Crippen molar-refractivity contribution in [2.45, 2.75) is 50.0 Å². The first-order valence-corrected chi connectivity index (χ1v) is 12.7. The first kappa shape index (κ1) is 29.1. The summed E-state index contributed by atoms with van der Waals surface area (Å²) in [5, 5.41) is 36.8. The van der Waals surface area contributed by atoms with Crippen molar-refractivity contribution in [2.24, 2.45) is 5.73 Å². The maximum absolute atomic E-state index is 12.7. The minimum atomic E-state index is -1.51. The summed E-state index contributed by atoms with van der Waals surface area (Å²) in [4.78, 5) is 52.4. The van der Waals surface area contributed by atoms with Crippen molar-refractivity contribution in [3.05, 3.63) is 36.0 Å². The minimum Gasteiger partial charge on any atom is -0.480 e. The number of fused-ring (bicyclic) bond motifs is 1. The molecule has 3 amide bonds. The lowest BCUT2D eigenvalue weighted by Crippen LogP contribution is -2.60. The van der Waals surface area contributed by atoms with Gasteiger partial charge in [-0.2, -0.15) is 11.8 Å². The van der Waals surface area contributed by atoms with Crippen LogP contribution in [0, 0.1) is 0 Å². The number of carbonyl (C=O) groups excluding carboxylic acids is 3. The fourth-order valence-corrected chi connectivity index (χ4v) is 3.99. The number of carboxylic acids is 1. The maximum atomic E-state index is 12.7. The molecule has 0 saturated heterocycles. The number of amides is 3. The minimum absolute atomic E-state index is 0.145. The number of aliphatic hydroxyl groups excluding tert-OH is 2. The third-order valence-electron chi connectivity index (χ3n) is 5.55. The van der Waals surface area contributed by atoms with Crippen LogP contribution in [-0.4, -0.2) is 92.9 Å². The second-order valence-corrected chi connectivity index (χ2v) is 9.31. The summed E-state index contributed by atoms with van der Waals surface area (Å²) < 4.78 is 0. The van der Waals surface area contributed by atoms with Crippen molar-refractivity contribution in [3.8, 4) is 0 Å². The summed E-state index contributed by atoms with van der Waals surface area (Å²) in [6.45, 7) is 0.447. The van der Waals surface area contributed by atoms with E-state index in [4.69, 9.17) is 5.73 Å². The monoisotopic (exact) mass is 523 g/mol. The standard InChI is InChI=1S/C23H33N5O7S/c1-12(30)19(22(33)26-17(23(34)35)7-8-36-2)28-21(32)18(11-29)27-20(31)15(24)9-13-10-25-16-6-4-3-5-14(13)16/h3-6,10,12,15,17-19,25,29-30H,7-9,11,24H2,1-2H3,(H,26,33)(H,27,31)(H,28,32)(H,34,35). The summed E-state index contributed by atoms with van der Waals surface area (Å²) in [7, 11) is 0. The van der Waals surface area contributed by atoms with E-state index in [1.54, 1.807) is 12.5 Å². The van der Waals surface area contributed by atoms with Crippen LogP contribution < -0.4 is 21.7 Å². The van der Waals surface area contributed by atoms with Crippen molar-refractivity contribution < 1.29 is 34.5 Å². The Morgan fingerprint density at radius 2 is 1.72 bits per heavy atom. The molecule has 1 aromatic heterocycles. The number of aliphatic carboxylic acids is 1. The van der Waals surface area contributed by atoms with Crippen LogP contribution in [0.1, 0.15) is 18.9 Å². The van der Waals surface area contributed by atoms with E-state index >= 15 is 0 Å². The van der Waals surface area contributed by atoms with Gasteiger partial charge in [-0.05, 0) is 43.4 Å². The molecule has 198 valence electrons. The van der Waals surface area contributed by atoms with Gasteiger partial charge in [0.2, 0.25) is 17.7 Å². The number of nitrogens with one attached hydrogen (secondary N) is 4. The van der Waals surface area contributed by atoms with E-state index in [-0.39, 0.29) is 12.8 Å². The van der Waals surface area contributed by atoms with Crippen molar-refractivity contribution >= 4 is 46.4 Å². The van der Waals surface area contributed by atoms with Gasteiger partial charge in [-0.25, -0.2) is 4.79 Å². The van der Waals surface area contributed by atoms with Gasteiger partial charge < -0.3 is 42.0 Å². The van der Waals surface area contributed by atoms with Gasteiger partial charge in [-0.3, -0.25) is 14.4 Å². The number of nitrogens with two attached hydrogens (primary N) is 1. The number of carbonyl (C=O) groups is 4. The van der Waals surface area contributed by atoms with Crippen molar-refractivity contribution in [2.75, 3.05) is 18.6 Å². The molecule has 1 aromatic carbocycles. The first-order valence-electron chi connectivity index (χ1n) is 11.3. The molecule has 0 bridgehead atoms. The number of aliphatic hydroxyl groups is 2. The molecule has 12 nitrogen and oxygen atoms in total. The highest BCUT2D eigenvalue weighted by Crippen LogP contribution is 2.18. The molecule has 0 fully saturated rings. The zero-order valence-corrected chi connectivity index (χ0v) is 20.9. The molecule has 13 heteroatoms. The van der Waals surface area contributed by atoms with Gasteiger partial charge in [0.1, 0.15) is 18.1 Å². The maximum Gasteiger partial charge on any atom is 0.326 e. The first-order chi connectivity index (χ1) is 17.1. The summed E-state index contributed by atoms with van der Waals surface area (Å²) in [5.41, 5.74) is 7.71. The molecule has 0 spiro atoms. The summed E-state index contributed by atoms with van der Waals surface area (Å²) in [6, 6.07) is 2.28. The zero-order chi connectivity index (χ0) is 26.8. The van der Waals surface area contributed by atoms with Crippen LogP contribution in [0.4, 0.5) is 0 Å². The molecule has 36 heavy (non-hydrogen) atoms. The molecule has 0 aliphatic carbocycles. The summed E-state index contributed by atoms with van der Waals surface area (Å²) in [5.74, 6) is -3.33. The molecule has 1 heterocycles. The Kier molecular flexibility index (Phi) is 11.2. The van der Waals surface area contributed by atoms with Gasteiger partial charge in [0, 0.05) is 17.1 Å². The number of benzene rings is 1. The number of thioether (sulfide) groups is 1. The Balaban J connectivity index is 2.01. The summed E-state index contributed by atoms with van der Waals surface area (Å²) >= 11 is 1.40. The number of aromatic nitrogens is 1. The van der Waals surface area contributed by atoms with Crippen molar-refractivity contribution in [3.63, 3.8) is 0 Å². The highest BCUT2D eigenvalue weighted by atomic mass is 32.2. The lowest BCUT2D eigenvalue weighted by Gasteiger charge is -2.25. The molecular formula is C23H33N5O7S. The highest BCUT2D eigenvalue weighted by Gasteiger charge is 2.32. The van der Waals surface area contributed by atoms with Crippen LogP contribution in [0.5, 0.6) is 0 Å². The summed E-state index contributed by atoms with van der Waals surface area (Å²) in [6.07, 6.45) is 2.45. The molecule has 2 rings (SSSR count). The molecule has 0 aliphatic rings. The average Bonchev–Trinajstić information content (AvgIpc) is 3.25. The molecule has 5 atom stereocenters. The molecule has 0 aliphatic heterocycles. The van der Waals surface area contributed by atoms with E-state index in [2.05, 4.69) is 20.9 Å². The van der Waals surface area contributed by atoms with E-state index in [1.807, 2.05) is 24.3 Å². The van der Waals surface area contributed by atoms with Crippen molar-refractivity contribution in [1.82, 2.24) is 20.9 Å². The van der Waals surface area contributed by atoms with Crippen molar-refractivity contribution in [1.29, 1.82) is 0 Å². The Morgan fingerprint density at radius 3 is 2.33 bits per heavy atom. The van der Waals surface area contributed by atoms with Gasteiger partial charge in [-0.15, -0.1) is 0 Å². The number of H-pyrrole nitrogens is 1. The van der Waals surface area contributed by atoms with Crippen LogP contribution in [0.2, 0.25) is 0 Å². The van der Waals surface area contributed by atoms with Crippen LogP contribution in [0.3, 0.4) is 0 Å². The highest BCUT2D eigenvalue weighted by molar-refractivity contribution is 7.98. The third kappa shape index (κ3) is 7.95. The Labute approximate surface area is 212 Å². The zero-order valence-electron chi connectivity index (χ0n) is 20.1. The number of aromatic amines is 1. The van der Waals surface area contributed by atoms with E-state index in [1.165, 1.54) is 18.7 Å². The van der Waals surface area contributed by atoms with E-state index in [0.29, 0.717) is 5.75 Å². The normalized spacial score (nSPS) is 15.4. The number of para-hydroxylation sites is 1. The van der Waals surface area contributed by atoms with Crippen LogP contribution in [0.15, 0.2) is 30.5 Å². The number of hydrogen-bond donors (Lipinski definition) is 8. The Hall–Kier alpha value is -3.13. The third-order valence-corrected chi connectivity index (χ3v) is 6.20. The molecule has 0 saturated carbocycles. The lowest BCUT2D eigenvalue weighted by atomic mass is 10.0. The van der Waals surface area contributed by atoms with Gasteiger partial charge in [-0.1, -0.05) is 18.2 Å². The molecular weight excluding hydrogens is 490 g/mol. The lowest BCUT2D eigenvalue weighted by molar-refractivity contribution is -0.143. The van der Waals surface area contributed by atoms with E-state index in [0.717, 1.165) is 16.5 Å². The van der Waals surface area contributed by atoms with Gasteiger partial charge in [0.25, 0.3) is 0 Å².